The second-order valence-electron chi connectivity index (χ2n) is 5.60. The Morgan fingerprint density at radius 2 is 1.90 bits per heavy atom. The Kier molecular flexibility index (Phi) is 6.70. The van der Waals surface area contributed by atoms with Crippen LogP contribution in [-0.4, -0.2) is 42.0 Å². The molecule has 0 saturated carbocycles. The van der Waals surface area contributed by atoms with E-state index >= 15 is 0 Å². The predicted molar refractivity (Wildman–Crippen MR) is 94.5 cm³/mol. The fourth-order valence-corrected chi connectivity index (χ4v) is 2.32. The summed E-state index contributed by atoms with van der Waals surface area (Å²) in [5, 5.41) is 15.8. The summed E-state index contributed by atoms with van der Waals surface area (Å²) in [6.07, 6.45) is -3.40. The number of anilines is 1. The first kappa shape index (κ1) is 21.6. The van der Waals surface area contributed by atoms with Crippen LogP contribution < -0.4 is 10.6 Å². The zero-order valence-corrected chi connectivity index (χ0v) is 14.9. The van der Waals surface area contributed by atoms with E-state index in [2.05, 4.69) is 20.4 Å². The van der Waals surface area contributed by atoms with Crippen molar-refractivity contribution in [2.24, 2.45) is 0 Å². The standard InChI is InChI=1S/C17H15F3N4O5/c1-29-16(26)11-7-10(8-12(9-11)24(27)28)15(25)23-6-5-22-14-13(17(18,19)20)3-2-4-21-14/h2-4,7-9H,5-6H2,1H3,(H,21,22)(H,23,25). The van der Waals surface area contributed by atoms with Crippen LogP contribution in [0.1, 0.15) is 26.3 Å². The van der Waals surface area contributed by atoms with Crippen molar-refractivity contribution in [3.05, 3.63) is 63.3 Å². The highest BCUT2D eigenvalue weighted by Crippen LogP contribution is 2.33. The number of hydrogen-bond donors (Lipinski definition) is 2. The van der Waals surface area contributed by atoms with Gasteiger partial charge < -0.3 is 15.4 Å². The molecule has 1 amide bonds. The molecule has 0 fully saturated rings. The van der Waals surface area contributed by atoms with Gasteiger partial charge in [0, 0.05) is 37.0 Å². The van der Waals surface area contributed by atoms with E-state index in [1.165, 1.54) is 6.20 Å². The number of nitro groups is 1. The number of alkyl halides is 3. The van der Waals surface area contributed by atoms with E-state index in [9.17, 15) is 32.9 Å². The van der Waals surface area contributed by atoms with Crippen molar-refractivity contribution >= 4 is 23.4 Å². The molecule has 0 aliphatic rings. The van der Waals surface area contributed by atoms with Crippen LogP contribution >= 0.6 is 0 Å². The third-order valence-corrected chi connectivity index (χ3v) is 3.63. The van der Waals surface area contributed by atoms with Gasteiger partial charge in [-0.25, -0.2) is 9.78 Å². The average Bonchev–Trinajstić information content (AvgIpc) is 2.69. The molecule has 2 aromatic rings. The highest BCUT2D eigenvalue weighted by atomic mass is 19.4. The highest BCUT2D eigenvalue weighted by molar-refractivity contribution is 5.99. The third-order valence-electron chi connectivity index (χ3n) is 3.63. The number of ether oxygens (including phenoxy) is 1. The number of carbonyl (C=O) groups is 2. The number of non-ortho nitro benzene ring substituents is 1. The summed E-state index contributed by atoms with van der Waals surface area (Å²) >= 11 is 0. The second-order valence-corrected chi connectivity index (χ2v) is 5.60. The molecule has 12 heteroatoms. The largest absolute Gasteiger partial charge is 0.465 e. The lowest BCUT2D eigenvalue weighted by Gasteiger charge is -2.13. The molecule has 29 heavy (non-hydrogen) atoms. The summed E-state index contributed by atoms with van der Waals surface area (Å²) in [6.45, 7) is -0.201. The zero-order chi connectivity index (χ0) is 21.6. The van der Waals surface area contributed by atoms with E-state index < -0.39 is 40.0 Å². The first-order valence-electron chi connectivity index (χ1n) is 8.05. The number of hydrogen-bond acceptors (Lipinski definition) is 7. The fourth-order valence-electron chi connectivity index (χ4n) is 2.32. The number of rotatable bonds is 7. The van der Waals surface area contributed by atoms with Crippen LogP contribution in [0.2, 0.25) is 0 Å². The number of benzene rings is 1. The second kappa shape index (κ2) is 8.99. The molecule has 0 radical (unpaired) electrons. The number of nitro benzene ring substituents is 1. The maximum Gasteiger partial charge on any atom is 0.419 e. The minimum Gasteiger partial charge on any atom is -0.465 e. The number of nitrogens with one attached hydrogen (secondary N) is 2. The monoisotopic (exact) mass is 412 g/mol. The Hall–Kier alpha value is -3.70. The van der Waals surface area contributed by atoms with Crippen LogP contribution in [0.3, 0.4) is 0 Å². The van der Waals surface area contributed by atoms with Gasteiger partial charge in [0.05, 0.1) is 23.2 Å². The van der Waals surface area contributed by atoms with Crippen LogP contribution in [0.15, 0.2) is 36.5 Å². The molecule has 1 aromatic carbocycles. The van der Waals surface area contributed by atoms with Crippen molar-refractivity contribution in [3.8, 4) is 0 Å². The van der Waals surface area contributed by atoms with E-state index in [0.717, 1.165) is 37.4 Å². The SMILES string of the molecule is COC(=O)c1cc(C(=O)NCCNc2ncccc2C(F)(F)F)cc([N+](=O)[O-])c1. The third kappa shape index (κ3) is 5.64. The van der Waals surface area contributed by atoms with E-state index in [0.29, 0.717) is 0 Å². The number of amides is 1. The van der Waals surface area contributed by atoms with Crippen molar-refractivity contribution in [1.82, 2.24) is 10.3 Å². The van der Waals surface area contributed by atoms with Gasteiger partial charge in [0.15, 0.2) is 0 Å². The van der Waals surface area contributed by atoms with Gasteiger partial charge in [-0.1, -0.05) is 0 Å². The van der Waals surface area contributed by atoms with Crippen LogP contribution in [0.4, 0.5) is 24.7 Å². The summed E-state index contributed by atoms with van der Waals surface area (Å²) in [7, 11) is 1.08. The summed E-state index contributed by atoms with van der Waals surface area (Å²) in [4.78, 5) is 37.6. The summed E-state index contributed by atoms with van der Waals surface area (Å²) in [5.74, 6) is -2.01. The molecule has 1 aromatic heterocycles. The molecule has 0 unspecified atom stereocenters. The molecule has 0 aliphatic carbocycles. The molecule has 2 N–H and O–H groups in total. The molecule has 0 spiro atoms. The number of nitrogens with zero attached hydrogens (tertiary/aromatic N) is 2. The first-order chi connectivity index (χ1) is 13.6. The maximum absolute atomic E-state index is 12.9. The molecule has 154 valence electrons. The summed E-state index contributed by atoms with van der Waals surface area (Å²) in [5.41, 5.74) is -1.80. The van der Waals surface area contributed by atoms with Crippen molar-refractivity contribution < 1.29 is 32.4 Å². The molecular weight excluding hydrogens is 397 g/mol. The Morgan fingerprint density at radius 3 is 2.52 bits per heavy atom. The van der Waals surface area contributed by atoms with E-state index in [-0.39, 0.29) is 24.2 Å². The minimum absolute atomic E-state index is 0.0926. The minimum atomic E-state index is -4.59. The Morgan fingerprint density at radius 1 is 1.21 bits per heavy atom. The molecule has 1 heterocycles. The van der Waals surface area contributed by atoms with Gasteiger partial charge in [0.2, 0.25) is 0 Å². The number of methoxy groups -OCH3 is 1. The van der Waals surface area contributed by atoms with Crippen molar-refractivity contribution in [2.75, 3.05) is 25.5 Å². The molecule has 0 atom stereocenters. The maximum atomic E-state index is 12.9. The molecule has 0 bridgehead atoms. The van der Waals surface area contributed by atoms with Gasteiger partial charge in [-0.15, -0.1) is 0 Å². The van der Waals surface area contributed by atoms with E-state index in [1.807, 2.05) is 0 Å². The zero-order valence-electron chi connectivity index (χ0n) is 14.9. The molecule has 0 saturated heterocycles. The van der Waals surface area contributed by atoms with Gasteiger partial charge in [-0.3, -0.25) is 14.9 Å². The lowest BCUT2D eigenvalue weighted by molar-refractivity contribution is -0.384. The predicted octanol–water partition coefficient (Wildman–Crippen LogP) is 2.64. The van der Waals surface area contributed by atoms with Crippen molar-refractivity contribution in [2.45, 2.75) is 6.18 Å². The molecule has 0 aliphatic heterocycles. The van der Waals surface area contributed by atoms with E-state index in [4.69, 9.17) is 0 Å². The highest BCUT2D eigenvalue weighted by Gasteiger charge is 2.33. The van der Waals surface area contributed by atoms with Gasteiger partial charge in [-0.05, 0) is 18.2 Å². The smallest absolute Gasteiger partial charge is 0.419 e. The Balaban J connectivity index is 2.04. The lowest BCUT2D eigenvalue weighted by atomic mass is 10.1. The molecule has 2 rings (SSSR count). The lowest BCUT2D eigenvalue weighted by Crippen LogP contribution is -2.29. The number of carbonyl (C=O) groups excluding carboxylic acids is 2. The van der Waals surface area contributed by atoms with Crippen LogP contribution in [-0.2, 0) is 10.9 Å². The van der Waals surface area contributed by atoms with E-state index in [1.54, 1.807) is 0 Å². The first-order valence-corrected chi connectivity index (χ1v) is 8.05. The number of aromatic nitrogens is 1. The normalized spacial score (nSPS) is 10.9. The van der Waals surface area contributed by atoms with Crippen molar-refractivity contribution in [3.63, 3.8) is 0 Å². The molecule has 9 nitrogen and oxygen atoms in total. The number of pyridine rings is 1. The summed E-state index contributed by atoms with van der Waals surface area (Å²) in [6, 6.07) is 5.06. The Labute approximate surface area is 162 Å². The number of halogens is 3. The quantitative estimate of drug-likeness (QED) is 0.310. The van der Waals surface area contributed by atoms with Gasteiger partial charge in [0.25, 0.3) is 11.6 Å². The Bertz CT molecular complexity index is 934. The average molecular weight is 412 g/mol. The van der Waals surface area contributed by atoms with Gasteiger partial charge in [0.1, 0.15) is 5.82 Å². The van der Waals surface area contributed by atoms with Crippen LogP contribution in [0.5, 0.6) is 0 Å². The topological polar surface area (TPSA) is 123 Å². The number of esters is 1. The van der Waals surface area contributed by atoms with Crippen LogP contribution in [0.25, 0.3) is 0 Å². The summed E-state index contributed by atoms with van der Waals surface area (Å²) < 4.78 is 43.2. The van der Waals surface area contributed by atoms with Gasteiger partial charge >= 0.3 is 12.1 Å². The molecular formula is C17H15F3N4O5. The van der Waals surface area contributed by atoms with Crippen molar-refractivity contribution in [1.29, 1.82) is 0 Å². The van der Waals surface area contributed by atoms with Gasteiger partial charge in [-0.2, -0.15) is 13.2 Å². The fraction of sp³-hybridized carbons (Fsp3) is 0.235. The van der Waals surface area contributed by atoms with Crippen LogP contribution in [0, 0.1) is 10.1 Å².